The number of nitrogens with one attached hydrogen (secondary N) is 2. The van der Waals surface area contributed by atoms with E-state index in [9.17, 15) is 9.00 Å². The molecular weight excluding hydrogens is 284 g/mol. The van der Waals surface area contributed by atoms with Crippen LogP contribution in [0.2, 0.25) is 5.02 Å². The van der Waals surface area contributed by atoms with Gasteiger partial charge in [0.2, 0.25) is 5.91 Å². The number of carbonyl (C=O) groups excluding carboxylic acids is 1. The second kappa shape index (κ2) is 7.03. The lowest BCUT2D eigenvalue weighted by atomic mass is 10.1. The van der Waals surface area contributed by atoms with Crippen molar-refractivity contribution in [2.24, 2.45) is 0 Å². The predicted octanol–water partition coefficient (Wildman–Crippen LogP) is 1.78. The molecule has 0 atom stereocenters. The quantitative estimate of drug-likeness (QED) is 0.891. The second-order valence-electron chi connectivity index (χ2n) is 4.56. The predicted molar refractivity (Wildman–Crippen MR) is 79.0 cm³/mol. The van der Waals surface area contributed by atoms with Crippen LogP contribution in [0, 0.1) is 0 Å². The van der Waals surface area contributed by atoms with Gasteiger partial charge in [-0.15, -0.1) is 0 Å². The van der Waals surface area contributed by atoms with Crippen molar-refractivity contribution in [1.82, 2.24) is 5.32 Å². The van der Waals surface area contributed by atoms with Crippen LogP contribution in [0.25, 0.3) is 0 Å². The zero-order valence-electron chi connectivity index (χ0n) is 10.5. The molecule has 0 aromatic heterocycles. The number of amides is 1. The van der Waals surface area contributed by atoms with E-state index in [1.165, 1.54) is 0 Å². The van der Waals surface area contributed by atoms with Crippen molar-refractivity contribution in [3.05, 3.63) is 29.3 Å². The molecule has 0 aliphatic carbocycles. The Labute approximate surface area is 120 Å². The highest BCUT2D eigenvalue weighted by Crippen LogP contribution is 2.13. The maximum Gasteiger partial charge on any atom is 0.238 e. The summed E-state index contributed by atoms with van der Waals surface area (Å²) in [6.45, 7) is 0.278. The third kappa shape index (κ3) is 4.93. The van der Waals surface area contributed by atoms with Crippen molar-refractivity contribution in [1.29, 1.82) is 0 Å². The minimum Gasteiger partial charge on any atom is -0.325 e. The number of hydrogen-bond donors (Lipinski definition) is 2. The first-order valence-electron chi connectivity index (χ1n) is 6.27. The van der Waals surface area contributed by atoms with Crippen LogP contribution in [0.5, 0.6) is 0 Å². The Morgan fingerprint density at radius 2 is 1.89 bits per heavy atom. The lowest BCUT2D eigenvalue weighted by Crippen LogP contribution is -2.40. The number of hydrogen-bond acceptors (Lipinski definition) is 3. The van der Waals surface area contributed by atoms with Crippen LogP contribution in [0.3, 0.4) is 0 Å². The number of benzene rings is 1. The van der Waals surface area contributed by atoms with Crippen molar-refractivity contribution >= 4 is 34.0 Å². The van der Waals surface area contributed by atoms with Gasteiger partial charge in [0.1, 0.15) is 0 Å². The summed E-state index contributed by atoms with van der Waals surface area (Å²) in [6.07, 6.45) is 1.75. The highest BCUT2D eigenvalue weighted by atomic mass is 35.5. The number of rotatable bonds is 4. The Kier molecular flexibility index (Phi) is 5.36. The summed E-state index contributed by atoms with van der Waals surface area (Å²) in [6, 6.07) is 7.31. The minimum absolute atomic E-state index is 0.0750. The molecule has 2 N–H and O–H groups in total. The van der Waals surface area contributed by atoms with Gasteiger partial charge in [-0.25, -0.2) is 0 Å². The van der Waals surface area contributed by atoms with Gasteiger partial charge in [-0.05, 0) is 37.1 Å². The summed E-state index contributed by atoms with van der Waals surface area (Å²) in [4.78, 5) is 11.7. The van der Waals surface area contributed by atoms with Crippen LogP contribution < -0.4 is 10.6 Å². The molecule has 1 fully saturated rings. The van der Waals surface area contributed by atoms with E-state index in [1.54, 1.807) is 24.3 Å². The molecule has 0 spiro atoms. The SMILES string of the molecule is O=C(CNC1CCS(=O)CC1)Nc1ccc(Cl)cc1. The van der Waals surface area contributed by atoms with Gasteiger partial charge in [-0.2, -0.15) is 0 Å². The number of halogens is 1. The molecule has 0 radical (unpaired) electrons. The van der Waals surface area contributed by atoms with E-state index >= 15 is 0 Å². The van der Waals surface area contributed by atoms with Gasteiger partial charge in [-0.1, -0.05) is 11.6 Å². The monoisotopic (exact) mass is 300 g/mol. The van der Waals surface area contributed by atoms with Crippen LogP contribution in [0.15, 0.2) is 24.3 Å². The second-order valence-corrected chi connectivity index (χ2v) is 6.69. The van der Waals surface area contributed by atoms with Crippen LogP contribution in [0.1, 0.15) is 12.8 Å². The van der Waals surface area contributed by atoms with Gasteiger partial charge >= 0.3 is 0 Å². The maximum atomic E-state index is 11.7. The fraction of sp³-hybridized carbons (Fsp3) is 0.462. The first-order chi connectivity index (χ1) is 9.13. The molecule has 4 nitrogen and oxygen atoms in total. The minimum atomic E-state index is -0.662. The summed E-state index contributed by atoms with van der Waals surface area (Å²) in [5.41, 5.74) is 0.737. The van der Waals surface area contributed by atoms with Gasteiger partial charge in [0.05, 0.1) is 6.54 Å². The number of anilines is 1. The largest absolute Gasteiger partial charge is 0.325 e. The molecule has 1 amide bonds. The molecule has 1 aliphatic heterocycles. The van der Waals surface area contributed by atoms with E-state index in [0.717, 1.165) is 30.0 Å². The lowest BCUT2D eigenvalue weighted by molar-refractivity contribution is -0.115. The third-order valence-corrected chi connectivity index (χ3v) is 4.70. The molecular formula is C13H17ClN2O2S. The van der Waals surface area contributed by atoms with Crippen LogP contribution in [-0.4, -0.2) is 34.2 Å². The fourth-order valence-corrected chi connectivity index (χ4v) is 3.40. The molecule has 2 rings (SSSR count). The van der Waals surface area contributed by atoms with Gasteiger partial charge in [-0.3, -0.25) is 9.00 Å². The van der Waals surface area contributed by atoms with E-state index in [0.29, 0.717) is 11.1 Å². The molecule has 0 unspecified atom stereocenters. The molecule has 1 heterocycles. The summed E-state index contributed by atoms with van der Waals surface area (Å²) in [5.74, 6) is 1.39. The van der Waals surface area contributed by atoms with Gasteiger partial charge in [0, 0.05) is 39.1 Å². The van der Waals surface area contributed by atoms with Crippen LogP contribution in [0.4, 0.5) is 5.69 Å². The average Bonchev–Trinajstić information content (AvgIpc) is 2.41. The van der Waals surface area contributed by atoms with Gasteiger partial charge in [0.15, 0.2) is 0 Å². The molecule has 1 aliphatic rings. The van der Waals surface area contributed by atoms with E-state index in [1.807, 2.05) is 0 Å². The molecule has 0 bridgehead atoms. The Bertz CT molecular complexity index is 454. The summed E-state index contributed by atoms with van der Waals surface area (Å²) < 4.78 is 11.2. The number of carbonyl (C=O) groups is 1. The van der Waals surface area contributed by atoms with E-state index in [2.05, 4.69) is 10.6 Å². The lowest BCUT2D eigenvalue weighted by Gasteiger charge is -2.22. The summed E-state index contributed by atoms with van der Waals surface area (Å²) >= 11 is 5.77. The van der Waals surface area contributed by atoms with Gasteiger partial charge < -0.3 is 10.6 Å². The Morgan fingerprint density at radius 3 is 2.53 bits per heavy atom. The zero-order chi connectivity index (χ0) is 13.7. The van der Waals surface area contributed by atoms with Gasteiger partial charge in [0.25, 0.3) is 0 Å². The van der Waals surface area contributed by atoms with Crippen LogP contribution in [-0.2, 0) is 15.6 Å². The topological polar surface area (TPSA) is 58.2 Å². The van der Waals surface area contributed by atoms with Crippen LogP contribution >= 0.6 is 11.6 Å². The van der Waals surface area contributed by atoms with Crippen molar-refractivity contribution < 1.29 is 9.00 Å². The summed E-state index contributed by atoms with van der Waals surface area (Å²) in [7, 11) is -0.662. The van der Waals surface area contributed by atoms with E-state index < -0.39 is 10.8 Å². The smallest absolute Gasteiger partial charge is 0.238 e. The molecule has 1 aromatic carbocycles. The van der Waals surface area contributed by atoms with Crippen molar-refractivity contribution in [2.45, 2.75) is 18.9 Å². The van der Waals surface area contributed by atoms with Crippen molar-refractivity contribution in [3.8, 4) is 0 Å². The van der Waals surface area contributed by atoms with E-state index in [-0.39, 0.29) is 12.5 Å². The molecule has 6 heteroatoms. The highest BCUT2D eigenvalue weighted by Gasteiger charge is 2.17. The molecule has 19 heavy (non-hydrogen) atoms. The fourth-order valence-electron chi connectivity index (χ4n) is 1.97. The first kappa shape index (κ1) is 14.5. The molecule has 1 aromatic rings. The Morgan fingerprint density at radius 1 is 1.26 bits per heavy atom. The highest BCUT2D eigenvalue weighted by molar-refractivity contribution is 7.85. The first-order valence-corrected chi connectivity index (χ1v) is 8.14. The molecule has 104 valence electrons. The van der Waals surface area contributed by atoms with E-state index in [4.69, 9.17) is 11.6 Å². The third-order valence-electron chi connectivity index (χ3n) is 3.07. The molecule has 0 saturated carbocycles. The Hall–Kier alpha value is -0.910. The van der Waals surface area contributed by atoms with Crippen molar-refractivity contribution in [3.63, 3.8) is 0 Å². The Balaban J connectivity index is 1.72. The summed E-state index contributed by atoms with van der Waals surface area (Å²) in [5, 5.41) is 6.64. The maximum absolute atomic E-state index is 11.7. The van der Waals surface area contributed by atoms with Crippen molar-refractivity contribution in [2.75, 3.05) is 23.4 Å². The standard InChI is InChI=1S/C13H17ClN2O2S/c14-10-1-3-12(4-2-10)16-13(17)9-15-11-5-7-19(18)8-6-11/h1-4,11,15H,5-9H2,(H,16,17). The molecule has 1 saturated heterocycles. The average molecular weight is 301 g/mol. The normalized spacial score (nSPS) is 23.0. The zero-order valence-corrected chi connectivity index (χ0v) is 12.1.